The van der Waals surface area contributed by atoms with E-state index >= 15 is 0 Å². The average molecular weight is 448 g/mol. The van der Waals surface area contributed by atoms with Crippen molar-refractivity contribution in [3.8, 4) is 11.6 Å². The molecule has 0 spiro atoms. The zero-order valence-electron chi connectivity index (χ0n) is 17.3. The summed E-state index contributed by atoms with van der Waals surface area (Å²) in [5.41, 5.74) is 2.23. The van der Waals surface area contributed by atoms with E-state index in [0.717, 1.165) is 5.56 Å². The Bertz CT molecular complexity index is 1190. The summed E-state index contributed by atoms with van der Waals surface area (Å²) in [6.07, 6.45) is 1.59. The second-order valence-electron chi connectivity index (χ2n) is 6.85. The molecular weight excluding hydrogens is 426 g/mol. The van der Waals surface area contributed by atoms with Crippen LogP contribution in [0.4, 0.5) is 5.69 Å². The van der Waals surface area contributed by atoms with E-state index in [0.29, 0.717) is 34.5 Å². The van der Waals surface area contributed by atoms with E-state index in [4.69, 9.17) is 4.42 Å². The highest BCUT2D eigenvalue weighted by Gasteiger charge is 2.18. The van der Waals surface area contributed by atoms with Crippen molar-refractivity contribution in [3.63, 3.8) is 0 Å². The zero-order chi connectivity index (χ0) is 22.3. The maximum absolute atomic E-state index is 12.5. The first-order valence-electron chi connectivity index (χ1n) is 9.90. The van der Waals surface area contributed by atoms with Crippen LogP contribution < -0.4 is 10.6 Å². The van der Waals surface area contributed by atoms with Gasteiger partial charge in [-0.1, -0.05) is 42.1 Å². The third kappa shape index (κ3) is 5.06. The first-order chi connectivity index (χ1) is 15.6. The fourth-order valence-electron chi connectivity index (χ4n) is 3.07. The van der Waals surface area contributed by atoms with E-state index in [9.17, 15) is 9.59 Å². The molecule has 0 aliphatic carbocycles. The molecule has 9 heteroatoms. The number of benzene rings is 2. The zero-order valence-corrected chi connectivity index (χ0v) is 18.1. The predicted molar refractivity (Wildman–Crippen MR) is 122 cm³/mol. The Balaban J connectivity index is 1.45. The predicted octanol–water partition coefficient (Wildman–Crippen LogP) is 3.68. The largest absolute Gasteiger partial charge is 0.461 e. The summed E-state index contributed by atoms with van der Waals surface area (Å²) in [6, 6.07) is 20.3. The van der Waals surface area contributed by atoms with Crippen LogP contribution in [0.3, 0.4) is 0 Å². The molecule has 0 radical (unpaired) electrons. The lowest BCUT2D eigenvalue weighted by Crippen LogP contribution is -2.18. The van der Waals surface area contributed by atoms with Crippen LogP contribution in [-0.2, 0) is 11.3 Å². The van der Waals surface area contributed by atoms with E-state index in [1.807, 2.05) is 41.0 Å². The van der Waals surface area contributed by atoms with Gasteiger partial charge in [-0.25, -0.2) is 0 Å². The SMILES string of the molecule is CNC(=O)c1ccc(NC(=O)CSc2nnc(-c3ccco3)n2Cc2ccccc2)cc1. The fourth-order valence-corrected chi connectivity index (χ4v) is 3.81. The summed E-state index contributed by atoms with van der Waals surface area (Å²) in [5, 5.41) is 14.6. The van der Waals surface area contributed by atoms with Gasteiger partial charge in [0, 0.05) is 18.3 Å². The molecule has 162 valence electrons. The van der Waals surface area contributed by atoms with Crippen molar-refractivity contribution in [2.24, 2.45) is 0 Å². The van der Waals surface area contributed by atoms with E-state index in [-0.39, 0.29) is 17.6 Å². The molecule has 0 saturated heterocycles. The second-order valence-corrected chi connectivity index (χ2v) is 7.79. The Hall–Kier alpha value is -3.85. The van der Waals surface area contributed by atoms with Crippen molar-refractivity contribution in [3.05, 3.63) is 84.1 Å². The molecule has 2 aromatic carbocycles. The van der Waals surface area contributed by atoms with E-state index in [1.165, 1.54) is 11.8 Å². The van der Waals surface area contributed by atoms with Gasteiger partial charge in [0.15, 0.2) is 10.9 Å². The first-order valence-corrected chi connectivity index (χ1v) is 10.9. The number of carbonyl (C=O) groups is 2. The lowest BCUT2D eigenvalue weighted by molar-refractivity contribution is -0.113. The number of anilines is 1. The van der Waals surface area contributed by atoms with E-state index in [1.54, 1.807) is 43.6 Å². The van der Waals surface area contributed by atoms with Gasteiger partial charge < -0.3 is 15.1 Å². The highest BCUT2D eigenvalue weighted by atomic mass is 32.2. The minimum Gasteiger partial charge on any atom is -0.461 e. The molecule has 4 aromatic rings. The Labute approximate surface area is 189 Å². The molecule has 32 heavy (non-hydrogen) atoms. The van der Waals surface area contributed by atoms with E-state index in [2.05, 4.69) is 20.8 Å². The molecule has 8 nitrogen and oxygen atoms in total. The van der Waals surface area contributed by atoms with Gasteiger partial charge in [0.1, 0.15) is 0 Å². The molecule has 2 heterocycles. The van der Waals surface area contributed by atoms with Gasteiger partial charge >= 0.3 is 0 Å². The number of hydrogen-bond donors (Lipinski definition) is 2. The maximum atomic E-state index is 12.5. The smallest absolute Gasteiger partial charge is 0.251 e. The van der Waals surface area contributed by atoms with Crippen LogP contribution in [0.2, 0.25) is 0 Å². The van der Waals surface area contributed by atoms with Gasteiger partial charge in [-0.2, -0.15) is 0 Å². The molecule has 0 aliphatic heterocycles. The third-order valence-electron chi connectivity index (χ3n) is 4.63. The molecule has 2 aromatic heterocycles. The molecule has 2 amide bonds. The van der Waals surface area contributed by atoms with Crippen molar-refractivity contribution >= 4 is 29.3 Å². The average Bonchev–Trinajstić information content (AvgIpc) is 3.48. The van der Waals surface area contributed by atoms with Crippen LogP contribution in [0, 0.1) is 0 Å². The van der Waals surface area contributed by atoms with Gasteiger partial charge in [-0.3, -0.25) is 14.2 Å². The molecule has 2 N–H and O–H groups in total. The summed E-state index contributed by atoms with van der Waals surface area (Å²) in [7, 11) is 1.57. The van der Waals surface area contributed by atoms with E-state index < -0.39 is 0 Å². The summed E-state index contributed by atoms with van der Waals surface area (Å²) in [5.74, 6) is 1.01. The number of rotatable bonds is 8. The Morgan fingerprint density at radius 3 is 2.47 bits per heavy atom. The summed E-state index contributed by atoms with van der Waals surface area (Å²) in [6.45, 7) is 0.550. The first kappa shape index (κ1) is 21.4. The van der Waals surface area contributed by atoms with Crippen LogP contribution in [-0.4, -0.2) is 39.4 Å². The maximum Gasteiger partial charge on any atom is 0.251 e. The number of nitrogens with one attached hydrogen (secondary N) is 2. The Morgan fingerprint density at radius 2 is 1.78 bits per heavy atom. The van der Waals surface area contributed by atoms with Crippen molar-refractivity contribution in [1.29, 1.82) is 0 Å². The molecule has 0 unspecified atom stereocenters. The minimum atomic E-state index is -0.184. The lowest BCUT2D eigenvalue weighted by Gasteiger charge is -2.10. The van der Waals surface area contributed by atoms with Crippen LogP contribution in [0.5, 0.6) is 0 Å². The molecule has 0 aliphatic rings. The van der Waals surface area contributed by atoms with Crippen LogP contribution in [0.1, 0.15) is 15.9 Å². The van der Waals surface area contributed by atoms with Gasteiger partial charge in [0.2, 0.25) is 11.7 Å². The molecule has 0 bridgehead atoms. The van der Waals surface area contributed by atoms with Gasteiger partial charge in [0.05, 0.1) is 18.6 Å². The molecule has 0 fully saturated rings. The second kappa shape index (κ2) is 9.97. The van der Waals surface area contributed by atoms with Crippen molar-refractivity contribution in [1.82, 2.24) is 20.1 Å². The number of aromatic nitrogens is 3. The molecule has 4 rings (SSSR count). The highest BCUT2D eigenvalue weighted by molar-refractivity contribution is 7.99. The normalized spacial score (nSPS) is 10.7. The monoisotopic (exact) mass is 447 g/mol. The molecule has 0 atom stereocenters. The van der Waals surface area contributed by atoms with Crippen molar-refractivity contribution < 1.29 is 14.0 Å². The van der Waals surface area contributed by atoms with Crippen LogP contribution in [0.25, 0.3) is 11.6 Å². The number of hydrogen-bond acceptors (Lipinski definition) is 6. The summed E-state index contributed by atoms with van der Waals surface area (Å²) < 4.78 is 7.44. The van der Waals surface area contributed by atoms with Gasteiger partial charge in [-0.05, 0) is 42.0 Å². The standard InChI is InChI=1S/C23H21N5O3S/c1-24-22(30)17-9-11-18(12-10-17)25-20(29)15-32-23-27-26-21(19-8-5-13-31-19)28(23)14-16-6-3-2-4-7-16/h2-13H,14-15H2,1H3,(H,24,30)(H,25,29). The molecule has 0 saturated carbocycles. The number of thioether (sulfide) groups is 1. The third-order valence-corrected chi connectivity index (χ3v) is 5.60. The Morgan fingerprint density at radius 1 is 1.00 bits per heavy atom. The quantitative estimate of drug-likeness (QED) is 0.400. The number of amides is 2. The Kier molecular flexibility index (Phi) is 6.66. The summed E-state index contributed by atoms with van der Waals surface area (Å²) >= 11 is 1.29. The van der Waals surface area contributed by atoms with Gasteiger partial charge in [0.25, 0.3) is 5.91 Å². The molecular formula is C23H21N5O3S. The fraction of sp³-hybridized carbons (Fsp3) is 0.130. The van der Waals surface area contributed by atoms with Gasteiger partial charge in [-0.15, -0.1) is 10.2 Å². The lowest BCUT2D eigenvalue weighted by atomic mass is 10.2. The van der Waals surface area contributed by atoms with Crippen LogP contribution >= 0.6 is 11.8 Å². The number of furan rings is 1. The van der Waals surface area contributed by atoms with Crippen molar-refractivity contribution in [2.45, 2.75) is 11.7 Å². The van der Waals surface area contributed by atoms with Crippen molar-refractivity contribution in [2.75, 3.05) is 18.1 Å². The topological polar surface area (TPSA) is 102 Å². The minimum absolute atomic E-state index is 0.155. The number of nitrogens with zero attached hydrogens (tertiary/aromatic N) is 3. The summed E-state index contributed by atoms with van der Waals surface area (Å²) in [4.78, 5) is 24.1. The van der Waals surface area contributed by atoms with Crippen LogP contribution in [0.15, 0.2) is 82.6 Å². The number of carbonyl (C=O) groups excluding carboxylic acids is 2. The highest BCUT2D eigenvalue weighted by Crippen LogP contribution is 2.25.